The normalized spacial score (nSPS) is 28.3. The van der Waals surface area contributed by atoms with Crippen LogP contribution >= 0.6 is 11.3 Å². The standard InChI is InChI=1S/C25H27FN6OS/c1-24-7-4-8-25(2,14-24)22(26)18(10-24)32(3)20-12-28-23(31-30-20)16-6-5-15(9-19(16)33)17-13-34-21(11-27)29-17/h5-6,9,12-13,18,22,33H,4,7-8,10,14H2,1-3H3/t18-,22-,24-,25-/m0/s1. The zero-order chi connectivity index (χ0) is 24.1. The average Bonchev–Trinajstić information content (AvgIpc) is 3.30. The fourth-order valence-electron chi connectivity index (χ4n) is 5.95. The summed E-state index contributed by atoms with van der Waals surface area (Å²) in [6.45, 7) is 4.37. The first-order valence-electron chi connectivity index (χ1n) is 11.5. The number of hydrogen-bond donors (Lipinski definition) is 1. The van der Waals surface area contributed by atoms with Gasteiger partial charge >= 0.3 is 0 Å². The van der Waals surface area contributed by atoms with E-state index in [0.717, 1.165) is 32.1 Å². The van der Waals surface area contributed by atoms with Crippen LogP contribution in [-0.4, -0.2) is 44.5 Å². The Hall–Kier alpha value is -3.12. The second-order valence-electron chi connectivity index (χ2n) is 10.3. The molecule has 0 radical (unpaired) electrons. The Bertz CT molecular complexity index is 1260. The van der Waals surface area contributed by atoms with Crippen molar-refractivity contribution < 1.29 is 9.50 Å². The Morgan fingerprint density at radius 3 is 2.76 bits per heavy atom. The predicted octanol–water partition coefficient (Wildman–Crippen LogP) is 5.37. The second kappa shape index (κ2) is 8.27. The summed E-state index contributed by atoms with van der Waals surface area (Å²) in [4.78, 5) is 10.5. The number of nitrogens with zero attached hydrogens (tertiary/aromatic N) is 6. The zero-order valence-electron chi connectivity index (χ0n) is 19.5. The summed E-state index contributed by atoms with van der Waals surface area (Å²) in [6.07, 6.45) is 5.53. The van der Waals surface area contributed by atoms with Crippen molar-refractivity contribution in [3.05, 3.63) is 34.8 Å². The first-order chi connectivity index (χ1) is 16.2. The molecule has 0 amide bonds. The van der Waals surface area contributed by atoms with Gasteiger partial charge in [0.05, 0.1) is 23.5 Å². The Labute approximate surface area is 202 Å². The summed E-state index contributed by atoms with van der Waals surface area (Å²) >= 11 is 1.25. The van der Waals surface area contributed by atoms with Gasteiger partial charge in [-0.05, 0) is 43.2 Å². The van der Waals surface area contributed by atoms with Crippen molar-refractivity contribution in [1.29, 1.82) is 5.26 Å². The lowest BCUT2D eigenvalue weighted by Gasteiger charge is -2.55. The summed E-state index contributed by atoms with van der Waals surface area (Å²) in [5.74, 6) is 0.802. The minimum Gasteiger partial charge on any atom is -0.507 e. The molecular formula is C25H27FN6OS. The van der Waals surface area contributed by atoms with E-state index in [1.165, 1.54) is 11.3 Å². The molecule has 1 N–H and O–H groups in total. The Balaban J connectivity index is 1.37. The van der Waals surface area contributed by atoms with Crippen molar-refractivity contribution in [2.24, 2.45) is 10.8 Å². The molecule has 3 aromatic rings. The molecule has 2 saturated carbocycles. The fourth-order valence-corrected chi connectivity index (χ4v) is 6.56. The third-order valence-electron chi connectivity index (χ3n) is 7.61. The highest BCUT2D eigenvalue weighted by Gasteiger charge is 2.54. The molecule has 176 valence electrons. The van der Waals surface area contributed by atoms with E-state index in [0.29, 0.717) is 27.6 Å². The third kappa shape index (κ3) is 3.90. The Morgan fingerprint density at radius 2 is 2.09 bits per heavy atom. The van der Waals surface area contributed by atoms with Crippen LogP contribution in [0.25, 0.3) is 22.6 Å². The van der Waals surface area contributed by atoms with Crippen molar-refractivity contribution in [1.82, 2.24) is 20.2 Å². The van der Waals surface area contributed by atoms with Gasteiger partial charge in [-0.3, -0.25) is 0 Å². The molecule has 0 saturated heterocycles. The number of aromatic hydroxyl groups is 1. The molecule has 2 aliphatic carbocycles. The molecule has 5 rings (SSSR count). The van der Waals surface area contributed by atoms with E-state index in [9.17, 15) is 5.11 Å². The number of benzene rings is 1. The number of rotatable bonds is 4. The number of alkyl halides is 1. The maximum atomic E-state index is 15.6. The maximum Gasteiger partial charge on any atom is 0.194 e. The van der Waals surface area contributed by atoms with Gasteiger partial charge in [0.1, 0.15) is 18.0 Å². The molecule has 2 fully saturated rings. The first-order valence-corrected chi connectivity index (χ1v) is 12.4. The van der Waals surface area contributed by atoms with E-state index in [4.69, 9.17) is 5.26 Å². The van der Waals surface area contributed by atoms with Gasteiger partial charge in [0, 0.05) is 23.4 Å². The molecule has 9 heteroatoms. The molecule has 2 heterocycles. The number of thiazole rings is 1. The number of fused-ring (bicyclic) bond motifs is 2. The van der Waals surface area contributed by atoms with Gasteiger partial charge < -0.3 is 10.0 Å². The third-order valence-corrected chi connectivity index (χ3v) is 8.35. The largest absolute Gasteiger partial charge is 0.507 e. The van der Waals surface area contributed by atoms with E-state index in [-0.39, 0.29) is 28.4 Å². The van der Waals surface area contributed by atoms with Gasteiger partial charge in [0.2, 0.25) is 0 Å². The quantitative estimate of drug-likeness (QED) is 0.538. The molecule has 2 aliphatic rings. The topological polar surface area (TPSA) is 98.8 Å². The van der Waals surface area contributed by atoms with Gasteiger partial charge in [0.15, 0.2) is 16.6 Å². The van der Waals surface area contributed by atoms with E-state index in [1.807, 2.05) is 18.0 Å². The minimum absolute atomic E-state index is 0.00307. The van der Waals surface area contributed by atoms with E-state index < -0.39 is 6.17 Å². The monoisotopic (exact) mass is 478 g/mol. The van der Waals surface area contributed by atoms with Crippen molar-refractivity contribution in [3.8, 4) is 34.5 Å². The molecular weight excluding hydrogens is 451 g/mol. The molecule has 0 spiro atoms. The van der Waals surface area contributed by atoms with Crippen LogP contribution in [0.5, 0.6) is 5.75 Å². The van der Waals surface area contributed by atoms with E-state index in [1.54, 1.807) is 29.8 Å². The lowest BCUT2D eigenvalue weighted by molar-refractivity contribution is -0.0540. The van der Waals surface area contributed by atoms with Crippen LogP contribution in [0.15, 0.2) is 29.8 Å². The number of hydrogen-bond acceptors (Lipinski definition) is 8. The van der Waals surface area contributed by atoms with Gasteiger partial charge in [-0.1, -0.05) is 26.3 Å². The summed E-state index contributed by atoms with van der Waals surface area (Å²) < 4.78 is 15.6. The number of phenolic OH excluding ortho intramolecular Hbond substituents is 1. The van der Waals surface area contributed by atoms with E-state index >= 15 is 4.39 Å². The highest BCUT2D eigenvalue weighted by atomic mass is 32.1. The number of halogens is 1. The smallest absolute Gasteiger partial charge is 0.194 e. The van der Waals surface area contributed by atoms with Gasteiger partial charge in [-0.25, -0.2) is 14.4 Å². The summed E-state index contributed by atoms with van der Waals surface area (Å²) in [7, 11) is 1.87. The van der Waals surface area contributed by atoms with Crippen molar-refractivity contribution >= 4 is 17.2 Å². The molecule has 2 aromatic heterocycles. The van der Waals surface area contributed by atoms with Crippen LogP contribution in [-0.2, 0) is 0 Å². The number of aromatic nitrogens is 4. The maximum absolute atomic E-state index is 15.6. The molecule has 0 unspecified atom stereocenters. The Kier molecular flexibility index (Phi) is 5.52. The second-order valence-corrected chi connectivity index (χ2v) is 11.2. The van der Waals surface area contributed by atoms with Crippen LogP contribution < -0.4 is 4.90 Å². The highest BCUT2D eigenvalue weighted by Crippen LogP contribution is 2.57. The van der Waals surface area contributed by atoms with Gasteiger partial charge in [0.25, 0.3) is 0 Å². The summed E-state index contributed by atoms with van der Waals surface area (Å²) in [6, 6.07) is 6.82. The summed E-state index contributed by atoms with van der Waals surface area (Å²) in [5.41, 5.74) is 1.61. The number of anilines is 1. The zero-order valence-corrected chi connectivity index (χ0v) is 20.3. The average molecular weight is 479 g/mol. The molecule has 4 atom stereocenters. The molecule has 0 aliphatic heterocycles. The molecule has 2 bridgehead atoms. The van der Waals surface area contributed by atoms with Crippen LogP contribution in [0.3, 0.4) is 0 Å². The number of phenols is 1. The van der Waals surface area contributed by atoms with E-state index in [2.05, 4.69) is 34.0 Å². The lowest BCUT2D eigenvalue weighted by Crippen LogP contribution is -2.57. The van der Waals surface area contributed by atoms with Crippen LogP contribution in [0, 0.1) is 22.2 Å². The van der Waals surface area contributed by atoms with Crippen LogP contribution in [0.4, 0.5) is 10.2 Å². The SMILES string of the molecule is CN(c1cnc(-c2ccc(-c3csc(C#N)n3)cc2O)nn1)[C@H]1C[C@]2(C)CCC[C@@](C)(C2)[C@H]1F. The lowest BCUT2D eigenvalue weighted by atomic mass is 9.54. The molecule has 34 heavy (non-hydrogen) atoms. The first kappa shape index (κ1) is 22.7. The molecule has 7 nitrogen and oxygen atoms in total. The highest BCUT2D eigenvalue weighted by molar-refractivity contribution is 7.10. The van der Waals surface area contributed by atoms with Gasteiger partial charge in [-0.15, -0.1) is 21.5 Å². The molecule has 1 aromatic carbocycles. The fraction of sp³-hybridized carbons (Fsp3) is 0.480. The van der Waals surface area contributed by atoms with Crippen LogP contribution in [0.2, 0.25) is 0 Å². The predicted molar refractivity (Wildman–Crippen MR) is 129 cm³/mol. The van der Waals surface area contributed by atoms with Crippen LogP contribution in [0.1, 0.15) is 51.0 Å². The summed E-state index contributed by atoms with van der Waals surface area (Å²) in [5, 5.41) is 30.3. The number of nitriles is 1. The van der Waals surface area contributed by atoms with Crippen molar-refractivity contribution in [3.63, 3.8) is 0 Å². The van der Waals surface area contributed by atoms with Gasteiger partial charge in [-0.2, -0.15) is 5.26 Å². The van der Waals surface area contributed by atoms with Crippen molar-refractivity contribution in [2.45, 2.75) is 58.2 Å². The van der Waals surface area contributed by atoms with Crippen molar-refractivity contribution in [2.75, 3.05) is 11.9 Å². The minimum atomic E-state index is -0.934. The Morgan fingerprint density at radius 1 is 1.26 bits per heavy atom.